The molecule has 5 heteroatoms. The molecule has 0 saturated carbocycles. The van der Waals surface area contributed by atoms with Crippen LogP contribution >= 0.6 is 0 Å². The minimum Gasteiger partial charge on any atom is -0.467 e. The fourth-order valence-corrected chi connectivity index (χ4v) is 1.33. The van der Waals surface area contributed by atoms with Crippen LogP contribution in [-0.4, -0.2) is 23.8 Å². The lowest BCUT2D eigenvalue weighted by molar-refractivity contribution is 0.158. The molecule has 0 aromatic carbocycles. The summed E-state index contributed by atoms with van der Waals surface area (Å²) in [4.78, 5) is 11.6. The zero-order chi connectivity index (χ0) is 12.9. The number of aliphatic hydroxyl groups excluding tert-OH is 1. The van der Waals surface area contributed by atoms with Crippen molar-refractivity contribution in [3.63, 3.8) is 0 Å². The largest absolute Gasteiger partial charge is 0.467 e. The van der Waals surface area contributed by atoms with Gasteiger partial charge in [0.05, 0.1) is 25.5 Å². The number of urea groups is 1. The Hall–Kier alpha value is -1.49. The Bertz CT molecular complexity index is 341. The highest BCUT2D eigenvalue weighted by atomic mass is 16.3. The van der Waals surface area contributed by atoms with Crippen LogP contribution in [-0.2, 0) is 6.54 Å². The highest BCUT2D eigenvalue weighted by Crippen LogP contribution is 2.18. The SMILES string of the molecule is CC(C)(C)[C@@H](CO)NC(=O)NCc1ccco1. The molecule has 0 spiro atoms. The molecule has 3 N–H and O–H groups in total. The molecule has 0 radical (unpaired) electrons. The minimum atomic E-state index is -0.310. The number of nitrogens with one attached hydrogen (secondary N) is 2. The summed E-state index contributed by atoms with van der Waals surface area (Å²) >= 11 is 0. The average molecular weight is 240 g/mol. The minimum absolute atomic E-state index is 0.0856. The molecule has 2 amide bonds. The molecule has 0 aliphatic heterocycles. The molecule has 1 atom stereocenters. The molecule has 0 fully saturated rings. The first-order chi connectivity index (χ1) is 7.93. The highest BCUT2D eigenvalue weighted by molar-refractivity contribution is 5.74. The Morgan fingerprint density at radius 2 is 2.24 bits per heavy atom. The Balaban J connectivity index is 2.38. The van der Waals surface area contributed by atoms with E-state index in [4.69, 9.17) is 4.42 Å². The number of carbonyl (C=O) groups is 1. The zero-order valence-corrected chi connectivity index (χ0v) is 10.5. The quantitative estimate of drug-likeness (QED) is 0.746. The normalized spacial score (nSPS) is 13.2. The van der Waals surface area contributed by atoms with Crippen molar-refractivity contribution in [2.45, 2.75) is 33.4 Å². The van der Waals surface area contributed by atoms with Crippen LogP contribution in [0.5, 0.6) is 0 Å². The van der Waals surface area contributed by atoms with Crippen LogP contribution in [0.15, 0.2) is 22.8 Å². The Morgan fingerprint density at radius 3 is 2.71 bits per heavy atom. The summed E-state index contributed by atoms with van der Waals surface area (Å²) in [7, 11) is 0. The fourth-order valence-electron chi connectivity index (χ4n) is 1.33. The van der Waals surface area contributed by atoms with Crippen molar-refractivity contribution in [2.75, 3.05) is 6.61 Å². The number of amides is 2. The van der Waals surface area contributed by atoms with Gasteiger partial charge in [-0.2, -0.15) is 0 Å². The van der Waals surface area contributed by atoms with Gasteiger partial charge in [0.15, 0.2) is 0 Å². The Kier molecular flexibility index (Phi) is 4.57. The lowest BCUT2D eigenvalue weighted by Crippen LogP contribution is -2.49. The summed E-state index contributed by atoms with van der Waals surface area (Å²) in [6.07, 6.45) is 1.56. The Morgan fingerprint density at radius 1 is 1.53 bits per heavy atom. The standard InChI is InChI=1S/C12H20N2O3/c1-12(2,3)10(8-15)14-11(16)13-7-9-5-4-6-17-9/h4-6,10,15H,7-8H2,1-3H3,(H2,13,14,16)/t10-/m1/s1. The number of rotatable bonds is 4. The summed E-state index contributed by atoms with van der Waals surface area (Å²) < 4.78 is 5.09. The molecule has 96 valence electrons. The van der Waals surface area contributed by atoms with Gasteiger partial charge in [-0.3, -0.25) is 0 Å². The summed E-state index contributed by atoms with van der Waals surface area (Å²) in [5.41, 5.74) is -0.184. The van der Waals surface area contributed by atoms with Crippen molar-refractivity contribution in [2.24, 2.45) is 5.41 Å². The van der Waals surface area contributed by atoms with Crippen molar-refractivity contribution in [1.29, 1.82) is 0 Å². The molecule has 0 bridgehead atoms. The van der Waals surface area contributed by atoms with E-state index in [1.54, 1.807) is 18.4 Å². The molecule has 0 aliphatic rings. The molecule has 1 aromatic rings. The number of carbonyl (C=O) groups excluding carboxylic acids is 1. The van der Waals surface area contributed by atoms with Crippen molar-refractivity contribution in [1.82, 2.24) is 10.6 Å². The monoisotopic (exact) mass is 240 g/mol. The van der Waals surface area contributed by atoms with Crippen LogP contribution in [0, 0.1) is 5.41 Å². The van der Waals surface area contributed by atoms with Crippen molar-refractivity contribution in [3.05, 3.63) is 24.2 Å². The van der Waals surface area contributed by atoms with Gasteiger partial charge >= 0.3 is 6.03 Å². The third-order valence-corrected chi connectivity index (χ3v) is 2.54. The van der Waals surface area contributed by atoms with Gasteiger partial charge in [-0.15, -0.1) is 0 Å². The summed E-state index contributed by atoms with van der Waals surface area (Å²) in [5.74, 6) is 0.691. The molecular weight excluding hydrogens is 220 g/mol. The van der Waals surface area contributed by atoms with Crippen LogP contribution in [0.25, 0.3) is 0 Å². The molecule has 0 unspecified atom stereocenters. The van der Waals surface area contributed by atoms with Gasteiger partial charge in [-0.1, -0.05) is 20.8 Å². The number of furan rings is 1. The second kappa shape index (κ2) is 5.72. The van der Waals surface area contributed by atoms with E-state index >= 15 is 0 Å². The smallest absolute Gasteiger partial charge is 0.315 e. The molecule has 5 nitrogen and oxygen atoms in total. The number of hydrogen-bond acceptors (Lipinski definition) is 3. The van der Waals surface area contributed by atoms with Crippen LogP contribution in [0.2, 0.25) is 0 Å². The van der Waals surface area contributed by atoms with E-state index in [1.165, 1.54) is 0 Å². The molecular formula is C12H20N2O3. The van der Waals surface area contributed by atoms with E-state index < -0.39 is 0 Å². The van der Waals surface area contributed by atoms with E-state index in [-0.39, 0.29) is 24.1 Å². The van der Waals surface area contributed by atoms with Gasteiger partial charge < -0.3 is 20.2 Å². The zero-order valence-electron chi connectivity index (χ0n) is 10.5. The topological polar surface area (TPSA) is 74.5 Å². The summed E-state index contributed by atoms with van der Waals surface area (Å²) in [6, 6.07) is 2.96. The lowest BCUT2D eigenvalue weighted by atomic mass is 9.87. The number of aliphatic hydroxyl groups is 1. The van der Waals surface area contributed by atoms with Crippen LogP contribution < -0.4 is 10.6 Å². The maximum absolute atomic E-state index is 11.6. The third-order valence-electron chi connectivity index (χ3n) is 2.54. The molecule has 0 aliphatic carbocycles. The molecule has 1 rings (SSSR count). The average Bonchev–Trinajstić information content (AvgIpc) is 2.74. The van der Waals surface area contributed by atoms with Gasteiger partial charge in [0, 0.05) is 0 Å². The van der Waals surface area contributed by atoms with Crippen LogP contribution in [0.4, 0.5) is 4.79 Å². The van der Waals surface area contributed by atoms with Gasteiger partial charge in [-0.05, 0) is 17.5 Å². The van der Waals surface area contributed by atoms with E-state index in [2.05, 4.69) is 10.6 Å². The predicted molar refractivity (Wildman–Crippen MR) is 64.4 cm³/mol. The van der Waals surface area contributed by atoms with E-state index in [0.29, 0.717) is 12.3 Å². The highest BCUT2D eigenvalue weighted by Gasteiger charge is 2.25. The molecule has 1 heterocycles. The van der Waals surface area contributed by atoms with Crippen molar-refractivity contribution in [3.8, 4) is 0 Å². The van der Waals surface area contributed by atoms with Crippen molar-refractivity contribution < 1.29 is 14.3 Å². The lowest BCUT2D eigenvalue weighted by Gasteiger charge is -2.29. The first kappa shape index (κ1) is 13.6. The predicted octanol–water partition coefficient (Wildman–Crippen LogP) is 1.49. The molecule has 1 aromatic heterocycles. The van der Waals surface area contributed by atoms with E-state index in [0.717, 1.165) is 0 Å². The molecule has 17 heavy (non-hydrogen) atoms. The van der Waals surface area contributed by atoms with E-state index in [9.17, 15) is 9.90 Å². The van der Waals surface area contributed by atoms with Crippen molar-refractivity contribution >= 4 is 6.03 Å². The summed E-state index contributed by atoms with van der Waals surface area (Å²) in [6.45, 7) is 6.13. The van der Waals surface area contributed by atoms with Gasteiger partial charge in [0.25, 0.3) is 0 Å². The first-order valence-corrected chi connectivity index (χ1v) is 5.61. The van der Waals surface area contributed by atoms with E-state index in [1.807, 2.05) is 20.8 Å². The van der Waals surface area contributed by atoms with Gasteiger partial charge in [0.1, 0.15) is 5.76 Å². The third kappa shape index (κ3) is 4.48. The van der Waals surface area contributed by atoms with Gasteiger partial charge in [-0.25, -0.2) is 4.79 Å². The fraction of sp³-hybridized carbons (Fsp3) is 0.583. The maximum atomic E-state index is 11.6. The first-order valence-electron chi connectivity index (χ1n) is 5.61. The number of hydrogen-bond donors (Lipinski definition) is 3. The maximum Gasteiger partial charge on any atom is 0.315 e. The van der Waals surface area contributed by atoms with Crippen LogP contribution in [0.3, 0.4) is 0 Å². The van der Waals surface area contributed by atoms with Crippen LogP contribution in [0.1, 0.15) is 26.5 Å². The summed E-state index contributed by atoms with van der Waals surface area (Å²) in [5, 5.41) is 14.6. The second-order valence-electron chi connectivity index (χ2n) is 5.01. The second-order valence-corrected chi connectivity index (χ2v) is 5.01. The Labute approximate surface area is 101 Å². The molecule has 0 saturated heterocycles. The van der Waals surface area contributed by atoms with Gasteiger partial charge in [0.2, 0.25) is 0 Å².